The summed E-state index contributed by atoms with van der Waals surface area (Å²) in [5.41, 5.74) is 8.10. The monoisotopic (exact) mass is 287 g/mol. The molecule has 1 saturated carbocycles. The highest BCUT2D eigenvalue weighted by atomic mass is 16.1. The molecule has 6 nitrogen and oxygen atoms in total. The third-order valence-corrected chi connectivity index (χ3v) is 4.40. The first kappa shape index (κ1) is 14.0. The second-order valence-electron chi connectivity index (χ2n) is 5.78. The van der Waals surface area contributed by atoms with Gasteiger partial charge in [0, 0.05) is 18.7 Å². The number of carbonyl (C=O) groups is 1. The van der Waals surface area contributed by atoms with E-state index in [2.05, 4.69) is 15.6 Å². The summed E-state index contributed by atoms with van der Waals surface area (Å²) in [7, 11) is 1.84. The molecule has 112 valence electrons. The number of aromatic nitrogens is 3. The van der Waals surface area contributed by atoms with Crippen LogP contribution >= 0.6 is 0 Å². The van der Waals surface area contributed by atoms with Crippen LogP contribution in [-0.2, 0) is 7.05 Å². The molecule has 2 aromatic rings. The Labute approximate surface area is 123 Å². The van der Waals surface area contributed by atoms with Gasteiger partial charge in [0.15, 0.2) is 0 Å². The highest BCUT2D eigenvalue weighted by Gasteiger charge is 2.25. The number of fused-ring (bicyclic) bond motifs is 1. The van der Waals surface area contributed by atoms with Crippen molar-refractivity contribution in [1.82, 2.24) is 20.3 Å². The Bertz CT molecular complexity index is 651. The fourth-order valence-corrected chi connectivity index (χ4v) is 3.11. The first-order valence-electron chi connectivity index (χ1n) is 7.49. The van der Waals surface area contributed by atoms with Crippen molar-refractivity contribution >= 4 is 16.9 Å². The number of hydrogen-bond donors (Lipinski definition) is 2. The van der Waals surface area contributed by atoms with E-state index in [1.165, 1.54) is 6.42 Å². The van der Waals surface area contributed by atoms with Gasteiger partial charge in [-0.15, -0.1) is 5.10 Å². The summed E-state index contributed by atoms with van der Waals surface area (Å²) in [6.45, 7) is 0.633. The van der Waals surface area contributed by atoms with E-state index in [1.807, 2.05) is 19.2 Å². The van der Waals surface area contributed by atoms with Crippen molar-refractivity contribution in [1.29, 1.82) is 0 Å². The van der Waals surface area contributed by atoms with E-state index >= 15 is 0 Å². The van der Waals surface area contributed by atoms with E-state index in [9.17, 15) is 4.79 Å². The van der Waals surface area contributed by atoms with Crippen molar-refractivity contribution in [2.45, 2.75) is 31.7 Å². The van der Waals surface area contributed by atoms with Crippen LogP contribution in [0.3, 0.4) is 0 Å². The van der Waals surface area contributed by atoms with E-state index in [0.717, 1.165) is 30.3 Å². The minimum absolute atomic E-state index is 0.0482. The molecule has 1 aliphatic carbocycles. The molecule has 0 radical (unpaired) electrons. The Morgan fingerprint density at radius 2 is 2.24 bits per heavy atom. The lowest BCUT2D eigenvalue weighted by Crippen LogP contribution is -2.44. The highest BCUT2D eigenvalue weighted by Crippen LogP contribution is 2.24. The Kier molecular flexibility index (Phi) is 3.88. The highest BCUT2D eigenvalue weighted by molar-refractivity contribution is 5.97. The SMILES string of the molecule is Cn1nnc2cc(C(=O)NC3CCCCC3CN)ccc21. The van der Waals surface area contributed by atoms with Crippen LogP contribution in [-0.4, -0.2) is 33.5 Å². The molecule has 1 aliphatic rings. The molecule has 0 aliphatic heterocycles. The lowest BCUT2D eigenvalue weighted by atomic mass is 9.84. The maximum absolute atomic E-state index is 12.4. The van der Waals surface area contributed by atoms with Crippen LogP contribution in [0.5, 0.6) is 0 Å². The molecule has 1 heterocycles. The number of carbonyl (C=O) groups excluding carboxylic acids is 1. The molecule has 1 aromatic carbocycles. The maximum atomic E-state index is 12.4. The Balaban J connectivity index is 1.76. The van der Waals surface area contributed by atoms with Crippen molar-refractivity contribution in [3.8, 4) is 0 Å². The topological polar surface area (TPSA) is 85.8 Å². The molecular weight excluding hydrogens is 266 g/mol. The summed E-state index contributed by atoms with van der Waals surface area (Å²) in [5.74, 6) is 0.343. The molecule has 0 spiro atoms. The standard InChI is InChI=1S/C15H21N5O/c1-20-14-7-6-10(8-13(14)18-19-20)15(21)17-12-5-3-2-4-11(12)9-16/h6-8,11-12H,2-5,9,16H2,1H3,(H,17,21). The third kappa shape index (κ3) is 2.76. The largest absolute Gasteiger partial charge is 0.349 e. The number of nitrogens with one attached hydrogen (secondary N) is 1. The van der Waals surface area contributed by atoms with Crippen molar-refractivity contribution in [2.75, 3.05) is 6.54 Å². The van der Waals surface area contributed by atoms with Crippen LogP contribution in [0.4, 0.5) is 0 Å². The smallest absolute Gasteiger partial charge is 0.251 e. The van der Waals surface area contributed by atoms with E-state index < -0.39 is 0 Å². The number of hydrogen-bond acceptors (Lipinski definition) is 4. The predicted molar refractivity (Wildman–Crippen MR) is 80.8 cm³/mol. The van der Waals surface area contributed by atoms with Gasteiger partial charge in [-0.25, -0.2) is 4.68 Å². The molecule has 1 amide bonds. The van der Waals surface area contributed by atoms with Gasteiger partial charge in [-0.3, -0.25) is 4.79 Å². The van der Waals surface area contributed by atoms with Gasteiger partial charge >= 0.3 is 0 Å². The minimum Gasteiger partial charge on any atom is -0.349 e. The summed E-state index contributed by atoms with van der Waals surface area (Å²) < 4.78 is 1.70. The summed E-state index contributed by atoms with van der Waals surface area (Å²) in [5, 5.41) is 11.1. The quantitative estimate of drug-likeness (QED) is 0.888. The van der Waals surface area contributed by atoms with Crippen LogP contribution < -0.4 is 11.1 Å². The number of nitrogens with two attached hydrogens (primary N) is 1. The van der Waals surface area contributed by atoms with E-state index in [4.69, 9.17) is 5.73 Å². The van der Waals surface area contributed by atoms with Crippen LogP contribution in [0.1, 0.15) is 36.0 Å². The summed E-state index contributed by atoms with van der Waals surface area (Å²) in [6.07, 6.45) is 4.48. The number of amides is 1. The second kappa shape index (κ2) is 5.81. The molecule has 6 heteroatoms. The zero-order chi connectivity index (χ0) is 14.8. The van der Waals surface area contributed by atoms with Crippen molar-refractivity contribution in [3.63, 3.8) is 0 Å². The van der Waals surface area contributed by atoms with Gasteiger partial charge < -0.3 is 11.1 Å². The molecule has 0 bridgehead atoms. The zero-order valence-electron chi connectivity index (χ0n) is 12.2. The van der Waals surface area contributed by atoms with Gasteiger partial charge in [-0.2, -0.15) is 0 Å². The Hall–Kier alpha value is -1.95. The molecule has 2 unspecified atom stereocenters. The molecular formula is C15H21N5O. The summed E-state index contributed by atoms with van der Waals surface area (Å²) in [4.78, 5) is 12.4. The van der Waals surface area contributed by atoms with E-state index in [1.54, 1.807) is 10.7 Å². The van der Waals surface area contributed by atoms with Gasteiger partial charge in [-0.05, 0) is 43.5 Å². The predicted octanol–water partition coefficient (Wildman–Crippen LogP) is 1.22. The van der Waals surface area contributed by atoms with Gasteiger partial charge in [-0.1, -0.05) is 18.1 Å². The lowest BCUT2D eigenvalue weighted by molar-refractivity contribution is 0.0908. The molecule has 3 rings (SSSR count). The molecule has 21 heavy (non-hydrogen) atoms. The molecule has 1 aromatic heterocycles. The fourth-order valence-electron chi connectivity index (χ4n) is 3.11. The maximum Gasteiger partial charge on any atom is 0.251 e. The number of nitrogens with zero attached hydrogens (tertiary/aromatic N) is 3. The zero-order valence-corrected chi connectivity index (χ0v) is 12.2. The molecule has 1 fully saturated rings. The van der Waals surface area contributed by atoms with E-state index in [0.29, 0.717) is 18.0 Å². The normalized spacial score (nSPS) is 22.4. The molecule has 0 saturated heterocycles. The van der Waals surface area contributed by atoms with Gasteiger partial charge in [0.1, 0.15) is 5.52 Å². The third-order valence-electron chi connectivity index (χ3n) is 4.40. The first-order chi connectivity index (χ1) is 10.2. The Morgan fingerprint density at radius 3 is 3.05 bits per heavy atom. The van der Waals surface area contributed by atoms with Crippen LogP contribution in [0.15, 0.2) is 18.2 Å². The van der Waals surface area contributed by atoms with Gasteiger partial charge in [0.25, 0.3) is 5.91 Å². The van der Waals surface area contributed by atoms with Crippen LogP contribution in [0.25, 0.3) is 11.0 Å². The van der Waals surface area contributed by atoms with E-state index in [-0.39, 0.29) is 11.9 Å². The van der Waals surface area contributed by atoms with Crippen molar-refractivity contribution < 1.29 is 4.79 Å². The Morgan fingerprint density at radius 1 is 1.43 bits per heavy atom. The number of aryl methyl sites for hydroxylation is 1. The fraction of sp³-hybridized carbons (Fsp3) is 0.533. The van der Waals surface area contributed by atoms with Crippen LogP contribution in [0, 0.1) is 5.92 Å². The summed E-state index contributed by atoms with van der Waals surface area (Å²) in [6, 6.07) is 5.68. The molecule has 2 atom stereocenters. The average molecular weight is 287 g/mol. The van der Waals surface area contributed by atoms with Crippen molar-refractivity contribution in [3.05, 3.63) is 23.8 Å². The second-order valence-corrected chi connectivity index (χ2v) is 5.78. The van der Waals surface area contributed by atoms with Crippen LogP contribution in [0.2, 0.25) is 0 Å². The van der Waals surface area contributed by atoms with Crippen molar-refractivity contribution in [2.24, 2.45) is 18.7 Å². The minimum atomic E-state index is -0.0482. The summed E-state index contributed by atoms with van der Waals surface area (Å²) >= 11 is 0. The molecule has 3 N–H and O–H groups in total. The lowest BCUT2D eigenvalue weighted by Gasteiger charge is -2.31. The number of benzene rings is 1. The average Bonchev–Trinajstić information content (AvgIpc) is 2.88. The number of rotatable bonds is 3. The first-order valence-corrected chi connectivity index (χ1v) is 7.49. The van der Waals surface area contributed by atoms with Gasteiger partial charge in [0.2, 0.25) is 0 Å². The van der Waals surface area contributed by atoms with Gasteiger partial charge in [0.05, 0.1) is 5.52 Å².